The Kier molecular flexibility index (Phi) is 6.85. The van der Waals surface area contributed by atoms with Gasteiger partial charge in [0.2, 0.25) is 0 Å². The van der Waals surface area contributed by atoms with Gasteiger partial charge in [-0.05, 0) is 54.9 Å². The van der Waals surface area contributed by atoms with Crippen molar-refractivity contribution in [3.63, 3.8) is 0 Å². The number of benzene rings is 2. The first kappa shape index (κ1) is 22.7. The fourth-order valence-corrected chi connectivity index (χ4v) is 4.05. The van der Waals surface area contributed by atoms with Crippen LogP contribution in [0.2, 0.25) is 0 Å². The number of methoxy groups -OCH3 is 1. The van der Waals surface area contributed by atoms with E-state index in [1.807, 2.05) is 0 Å². The smallest absolute Gasteiger partial charge is 0.310 e. The van der Waals surface area contributed by atoms with E-state index in [0.717, 1.165) is 18.4 Å². The molecule has 0 saturated carbocycles. The maximum absolute atomic E-state index is 12.9. The van der Waals surface area contributed by atoms with Crippen LogP contribution in [-0.4, -0.2) is 47.2 Å². The van der Waals surface area contributed by atoms with Gasteiger partial charge in [-0.15, -0.1) is 0 Å². The summed E-state index contributed by atoms with van der Waals surface area (Å²) in [6, 6.07) is 11.5. The average molecular weight is 470 g/mol. The van der Waals surface area contributed by atoms with E-state index in [9.17, 15) is 14.9 Å². The first-order valence-electron chi connectivity index (χ1n) is 10.5. The number of hydrogen-bond donors (Lipinski definition) is 1. The van der Waals surface area contributed by atoms with Gasteiger partial charge < -0.3 is 19.5 Å². The highest BCUT2D eigenvalue weighted by molar-refractivity contribution is 7.80. The summed E-state index contributed by atoms with van der Waals surface area (Å²) in [5, 5.41) is 14.6. The van der Waals surface area contributed by atoms with E-state index < -0.39 is 4.92 Å². The van der Waals surface area contributed by atoms with Crippen molar-refractivity contribution in [2.75, 3.05) is 20.3 Å². The molecule has 2 aliphatic rings. The van der Waals surface area contributed by atoms with Gasteiger partial charge in [0, 0.05) is 18.2 Å². The molecule has 4 rings (SSSR count). The number of hydrogen-bond acceptors (Lipinski definition) is 7. The predicted octanol–water partition coefficient (Wildman–Crippen LogP) is 3.42. The number of carbonyl (C=O) groups is 1. The molecule has 0 spiro atoms. The summed E-state index contributed by atoms with van der Waals surface area (Å²) >= 11 is 5.34. The molecule has 172 valence electrons. The highest BCUT2D eigenvalue weighted by Gasteiger charge is 2.33. The number of nitro benzene ring substituents is 1. The molecule has 0 bridgehead atoms. The first-order valence-corrected chi connectivity index (χ1v) is 10.9. The maximum Gasteiger partial charge on any atom is 0.310 e. The standard InChI is InChI=1S/C23H23N3O6S/c1-30-20-9-8-15(11-16(20)14-32-21-7-3-2-6-19(21)26(28)29)12-18-22(27)25(23(33)24-18)13-17-5-4-10-31-17/h2-3,6-9,11-12,17H,4-5,10,13-14H2,1H3,(H,24,33)/b18-12+. The van der Waals surface area contributed by atoms with Crippen LogP contribution in [0.15, 0.2) is 48.2 Å². The lowest BCUT2D eigenvalue weighted by Gasteiger charge is -2.18. The Hall–Kier alpha value is -3.50. The third kappa shape index (κ3) is 5.12. The zero-order valence-electron chi connectivity index (χ0n) is 18.0. The summed E-state index contributed by atoms with van der Waals surface area (Å²) in [5.74, 6) is 0.525. The number of nitrogens with zero attached hydrogens (tertiary/aromatic N) is 2. The number of rotatable bonds is 8. The van der Waals surface area contributed by atoms with Gasteiger partial charge in [0.1, 0.15) is 18.1 Å². The molecule has 10 heteroatoms. The molecule has 2 heterocycles. The van der Waals surface area contributed by atoms with Crippen LogP contribution in [0.4, 0.5) is 5.69 Å². The van der Waals surface area contributed by atoms with Gasteiger partial charge in [0.25, 0.3) is 5.91 Å². The van der Waals surface area contributed by atoms with Crippen molar-refractivity contribution in [1.82, 2.24) is 10.2 Å². The Labute approximate surface area is 196 Å². The molecular formula is C23H23N3O6S. The van der Waals surface area contributed by atoms with E-state index in [2.05, 4.69) is 5.32 Å². The summed E-state index contributed by atoms with van der Waals surface area (Å²) in [5.41, 5.74) is 1.66. The van der Waals surface area contributed by atoms with Crippen LogP contribution < -0.4 is 14.8 Å². The lowest BCUT2D eigenvalue weighted by Crippen LogP contribution is -2.37. The molecule has 1 atom stereocenters. The Morgan fingerprint density at radius 1 is 1.30 bits per heavy atom. The van der Waals surface area contributed by atoms with Crippen molar-refractivity contribution in [2.45, 2.75) is 25.6 Å². The van der Waals surface area contributed by atoms with Crippen molar-refractivity contribution in [1.29, 1.82) is 0 Å². The summed E-state index contributed by atoms with van der Waals surface area (Å²) in [6.07, 6.45) is 3.60. The normalized spacial score (nSPS) is 19.1. The van der Waals surface area contributed by atoms with Gasteiger partial charge in [-0.25, -0.2) is 0 Å². The molecule has 1 amide bonds. The van der Waals surface area contributed by atoms with Crippen LogP contribution in [0, 0.1) is 10.1 Å². The molecule has 0 aromatic heterocycles. The van der Waals surface area contributed by atoms with E-state index in [1.165, 1.54) is 18.1 Å². The average Bonchev–Trinajstić information content (AvgIpc) is 3.42. The van der Waals surface area contributed by atoms with Crippen molar-refractivity contribution < 1.29 is 23.9 Å². The number of nitro groups is 1. The highest BCUT2D eigenvalue weighted by atomic mass is 32.1. The summed E-state index contributed by atoms with van der Waals surface area (Å²) in [6.45, 7) is 1.19. The van der Waals surface area contributed by atoms with Crippen LogP contribution in [-0.2, 0) is 16.1 Å². The largest absolute Gasteiger partial charge is 0.496 e. The van der Waals surface area contributed by atoms with Gasteiger partial charge in [-0.2, -0.15) is 0 Å². The Bertz CT molecular complexity index is 1110. The maximum atomic E-state index is 12.9. The molecule has 9 nitrogen and oxygen atoms in total. The second kappa shape index (κ2) is 9.97. The van der Waals surface area contributed by atoms with Gasteiger partial charge in [-0.1, -0.05) is 18.2 Å². The van der Waals surface area contributed by atoms with Crippen molar-refractivity contribution >= 4 is 35.0 Å². The number of carbonyl (C=O) groups excluding carboxylic acids is 1. The fraction of sp³-hybridized carbons (Fsp3) is 0.304. The van der Waals surface area contributed by atoms with Gasteiger partial charge in [0.15, 0.2) is 10.9 Å². The Morgan fingerprint density at radius 2 is 2.12 bits per heavy atom. The van der Waals surface area contributed by atoms with E-state index >= 15 is 0 Å². The van der Waals surface area contributed by atoms with Crippen LogP contribution in [0.25, 0.3) is 6.08 Å². The van der Waals surface area contributed by atoms with E-state index in [1.54, 1.807) is 42.5 Å². The van der Waals surface area contributed by atoms with Gasteiger partial charge in [-0.3, -0.25) is 19.8 Å². The molecular weight excluding hydrogens is 446 g/mol. The number of nitrogens with one attached hydrogen (secondary N) is 1. The quantitative estimate of drug-likeness (QED) is 0.272. The topological polar surface area (TPSA) is 103 Å². The number of ether oxygens (including phenoxy) is 3. The lowest BCUT2D eigenvalue weighted by molar-refractivity contribution is -0.385. The van der Waals surface area contributed by atoms with Gasteiger partial charge in [0.05, 0.1) is 24.7 Å². The predicted molar refractivity (Wildman–Crippen MR) is 125 cm³/mol. The van der Waals surface area contributed by atoms with E-state index in [4.69, 9.17) is 26.4 Å². The molecule has 2 saturated heterocycles. The number of amides is 1. The van der Waals surface area contributed by atoms with Crippen molar-refractivity contribution in [3.05, 3.63) is 69.4 Å². The molecule has 2 fully saturated rings. The minimum Gasteiger partial charge on any atom is -0.496 e. The molecule has 33 heavy (non-hydrogen) atoms. The number of thiocarbonyl (C=S) groups is 1. The van der Waals surface area contributed by atoms with E-state index in [0.29, 0.717) is 35.3 Å². The first-order chi connectivity index (χ1) is 16.0. The molecule has 2 aromatic carbocycles. The third-order valence-corrected chi connectivity index (χ3v) is 5.76. The monoisotopic (exact) mass is 469 g/mol. The zero-order chi connectivity index (χ0) is 23.4. The molecule has 2 aliphatic heterocycles. The van der Waals surface area contributed by atoms with E-state index in [-0.39, 0.29) is 30.1 Å². The Balaban J connectivity index is 1.52. The lowest BCUT2D eigenvalue weighted by atomic mass is 10.1. The molecule has 2 aromatic rings. The highest BCUT2D eigenvalue weighted by Crippen LogP contribution is 2.29. The summed E-state index contributed by atoms with van der Waals surface area (Å²) < 4.78 is 16.7. The van der Waals surface area contributed by atoms with Crippen molar-refractivity contribution in [3.8, 4) is 11.5 Å². The number of para-hydroxylation sites is 2. The fourth-order valence-electron chi connectivity index (χ4n) is 3.78. The molecule has 0 radical (unpaired) electrons. The minimum absolute atomic E-state index is 0.000156. The van der Waals surface area contributed by atoms with Crippen molar-refractivity contribution in [2.24, 2.45) is 0 Å². The summed E-state index contributed by atoms with van der Waals surface area (Å²) in [4.78, 5) is 25.1. The van der Waals surface area contributed by atoms with Crippen LogP contribution in [0.5, 0.6) is 11.5 Å². The third-order valence-electron chi connectivity index (χ3n) is 5.43. The van der Waals surface area contributed by atoms with Crippen LogP contribution in [0.3, 0.4) is 0 Å². The Morgan fingerprint density at radius 3 is 2.85 bits per heavy atom. The van der Waals surface area contributed by atoms with Crippen LogP contribution >= 0.6 is 12.2 Å². The molecule has 1 N–H and O–H groups in total. The second-order valence-electron chi connectivity index (χ2n) is 7.62. The van der Waals surface area contributed by atoms with Crippen LogP contribution in [0.1, 0.15) is 24.0 Å². The second-order valence-corrected chi connectivity index (χ2v) is 8.01. The molecule has 1 unspecified atom stereocenters. The van der Waals surface area contributed by atoms with Gasteiger partial charge >= 0.3 is 5.69 Å². The SMILES string of the molecule is COc1ccc(/C=C2/NC(=S)N(CC3CCCO3)C2=O)cc1COc1ccccc1[N+](=O)[O-]. The molecule has 0 aliphatic carbocycles. The minimum atomic E-state index is -0.490. The zero-order valence-corrected chi connectivity index (χ0v) is 18.8. The summed E-state index contributed by atoms with van der Waals surface area (Å²) in [7, 11) is 1.53.